The SMILES string of the molecule is CCc1ccc(S(=O)(=O)NCCCOc2ccc(F)cc2)s1. The van der Waals surface area contributed by atoms with Crippen molar-refractivity contribution in [3.05, 3.63) is 47.1 Å². The average Bonchev–Trinajstić information content (AvgIpc) is 2.98. The first kappa shape index (κ1) is 16.9. The van der Waals surface area contributed by atoms with Crippen molar-refractivity contribution in [1.82, 2.24) is 4.72 Å². The van der Waals surface area contributed by atoms with Crippen LogP contribution in [0.5, 0.6) is 5.75 Å². The summed E-state index contributed by atoms with van der Waals surface area (Å²) in [4.78, 5) is 1.04. The van der Waals surface area contributed by atoms with Gasteiger partial charge in [0.05, 0.1) is 6.61 Å². The van der Waals surface area contributed by atoms with E-state index in [1.54, 1.807) is 6.07 Å². The molecule has 1 heterocycles. The Labute approximate surface area is 134 Å². The van der Waals surface area contributed by atoms with Crippen LogP contribution < -0.4 is 9.46 Å². The largest absolute Gasteiger partial charge is 0.494 e. The predicted molar refractivity (Wildman–Crippen MR) is 85.4 cm³/mol. The monoisotopic (exact) mass is 343 g/mol. The van der Waals surface area contributed by atoms with Gasteiger partial charge in [-0.2, -0.15) is 0 Å². The lowest BCUT2D eigenvalue weighted by atomic mass is 10.3. The molecule has 0 spiro atoms. The van der Waals surface area contributed by atoms with E-state index in [0.717, 1.165) is 11.3 Å². The maximum atomic E-state index is 12.7. The number of hydrogen-bond acceptors (Lipinski definition) is 4. The van der Waals surface area contributed by atoms with E-state index in [1.807, 2.05) is 13.0 Å². The lowest BCUT2D eigenvalue weighted by molar-refractivity contribution is 0.311. The summed E-state index contributed by atoms with van der Waals surface area (Å²) in [6.45, 7) is 2.64. The maximum Gasteiger partial charge on any atom is 0.250 e. The van der Waals surface area contributed by atoms with Crippen molar-refractivity contribution in [2.24, 2.45) is 0 Å². The lowest BCUT2D eigenvalue weighted by Crippen LogP contribution is -2.25. The molecule has 0 radical (unpaired) electrons. The van der Waals surface area contributed by atoms with Crippen LogP contribution in [-0.2, 0) is 16.4 Å². The van der Waals surface area contributed by atoms with Crippen LogP contribution in [0.25, 0.3) is 0 Å². The summed E-state index contributed by atoms with van der Waals surface area (Å²) in [5.41, 5.74) is 0. The molecular formula is C15H18FNO3S2. The van der Waals surface area contributed by atoms with Gasteiger partial charge in [-0.1, -0.05) is 6.92 Å². The molecule has 0 atom stereocenters. The average molecular weight is 343 g/mol. The van der Waals surface area contributed by atoms with Crippen molar-refractivity contribution in [2.75, 3.05) is 13.2 Å². The first-order valence-corrected chi connectivity index (χ1v) is 9.28. The summed E-state index contributed by atoms with van der Waals surface area (Å²) >= 11 is 1.28. The van der Waals surface area contributed by atoms with Gasteiger partial charge in [0.15, 0.2) is 0 Å². The van der Waals surface area contributed by atoms with Crippen LogP contribution in [0, 0.1) is 5.82 Å². The van der Waals surface area contributed by atoms with Crippen LogP contribution >= 0.6 is 11.3 Å². The molecule has 0 aliphatic rings. The Morgan fingerprint density at radius 1 is 1.18 bits per heavy atom. The Kier molecular flexibility index (Phi) is 5.93. The fraction of sp³-hybridized carbons (Fsp3) is 0.333. The van der Waals surface area contributed by atoms with Crippen molar-refractivity contribution in [2.45, 2.75) is 24.0 Å². The van der Waals surface area contributed by atoms with E-state index in [-0.39, 0.29) is 5.82 Å². The maximum absolute atomic E-state index is 12.7. The minimum absolute atomic E-state index is 0.295. The third-order valence-electron chi connectivity index (χ3n) is 2.95. The Hall–Kier alpha value is -1.44. The summed E-state index contributed by atoms with van der Waals surface area (Å²) in [7, 11) is -3.44. The van der Waals surface area contributed by atoms with Crippen LogP contribution in [0.15, 0.2) is 40.6 Å². The zero-order chi connectivity index (χ0) is 16.0. The second kappa shape index (κ2) is 7.71. The molecule has 0 aliphatic carbocycles. The summed E-state index contributed by atoms with van der Waals surface area (Å²) in [5.74, 6) is 0.248. The van der Waals surface area contributed by atoms with E-state index in [1.165, 1.54) is 35.6 Å². The minimum Gasteiger partial charge on any atom is -0.494 e. The van der Waals surface area contributed by atoms with Gasteiger partial charge in [-0.3, -0.25) is 0 Å². The highest BCUT2D eigenvalue weighted by Crippen LogP contribution is 2.21. The van der Waals surface area contributed by atoms with E-state index in [2.05, 4.69) is 4.72 Å². The molecule has 22 heavy (non-hydrogen) atoms. The van der Waals surface area contributed by atoms with E-state index >= 15 is 0 Å². The Balaban J connectivity index is 1.74. The van der Waals surface area contributed by atoms with Crippen molar-refractivity contribution in [3.8, 4) is 5.75 Å². The number of benzene rings is 1. The fourth-order valence-electron chi connectivity index (χ4n) is 1.76. The molecule has 4 nitrogen and oxygen atoms in total. The highest BCUT2D eigenvalue weighted by Gasteiger charge is 2.15. The first-order chi connectivity index (χ1) is 10.5. The fourth-order valence-corrected chi connectivity index (χ4v) is 4.18. The molecule has 1 N–H and O–H groups in total. The second-order valence-electron chi connectivity index (χ2n) is 4.63. The van der Waals surface area contributed by atoms with Gasteiger partial charge in [-0.15, -0.1) is 11.3 Å². The van der Waals surface area contributed by atoms with E-state index in [9.17, 15) is 12.8 Å². The second-order valence-corrected chi connectivity index (χ2v) is 7.79. The first-order valence-electron chi connectivity index (χ1n) is 6.98. The van der Waals surface area contributed by atoms with Crippen molar-refractivity contribution in [3.63, 3.8) is 0 Å². The van der Waals surface area contributed by atoms with Gasteiger partial charge in [0.25, 0.3) is 0 Å². The number of rotatable bonds is 8. The quantitative estimate of drug-likeness (QED) is 0.749. The van der Waals surface area contributed by atoms with Gasteiger partial charge < -0.3 is 4.74 Å². The van der Waals surface area contributed by atoms with Crippen molar-refractivity contribution < 1.29 is 17.5 Å². The zero-order valence-corrected chi connectivity index (χ0v) is 13.8. The number of sulfonamides is 1. The molecular weight excluding hydrogens is 325 g/mol. The number of halogens is 1. The number of hydrogen-bond donors (Lipinski definition) is 1. The standard InChI is InChI=1S/C15H18FNO3S2/c1-2-14-8-9-15(21-14)22(18,19)17-10-3-11-20-13-6-4-12(16)5-7-13/h4-9,17H,2-3,10-11H2,1H3. The van der Waals surface area contributed by atoms with E-state index in [0.29, 0.717) is 29.5 Å². The number of nitrogens with one attached hydrogen (secondary N) is 1. The molecule has 2 rings (SSSR count). The lowest BCUT2D eigenvalue weighted by Gasteiger charge is -2.07. The van der Waals surface area contributed by atoms with E-state index < -0.39 is 10.0 Å². The van der Waals surface area contributed by atoms with Crippen LogP contribution in [0.3, 0.4) is 0 Å². The summed E-state index contributed by atoms with van der Waals surface area (Å²) in [6, 6.07) is 9.17. The molecule has 120 valence electrons. The molecule has 0 fully saturated rings. The third-order valence-corrected chi connectivity index (χ3v) is 6.13. The highest BCUT2D eigenvalue weighted by molar-refractivity contribution is 7.91. The number of thiophene rings is 1. The van der Waals surface area contributed by atoms with Gasteiger partial charge in [-0.05, 0) is 49.2 Å². The van der Waals surface area contributed by atoms with Gasteiger partial charge >= 0.3 is 0 Å². The van der Waals surface area contributed by atoms with Crippen LogP contribution in [-0.4, -0.2) is 21.6 Å². The molecule has 1 aromatic carbocycles. The molecule has 1 aromatic heterocycles. The van der Waals surface area contributed by atoms with Crippen LogP contribution in [0.2, 0.25) is 0 Å². The van der Waals surface area contributed by atoms with Gasteiger partial charge in [0.1, 0.15) is 15.8 Å². The smallest absolute Gasteiger partial charge is 0.250 e. The zero-order valence-electron chi connectivity index (χ0n) is 12.2. The van der Waals surface area contributed by atoms with E-state index in [4.69, 9.17) is 4.74 Å². The Morgan fingerprint density at radius 3 is 2.55 bits per heavy atom. The summed E-state index contributed by atoms with van der Waals surface area (Å²) < 4.78 is 45.1. The third kappa shape index (κ3) is 4.79. The van der Waals surface area contributed by atoms with Crippen molar-refractivity contribution in [1.29, 1.82) is 0 Å². The molecule has 0 bridgehead atoms. The molecule has 0 amide bonds. The molecule has 0 aliphatic heterocycles. The highest BCUT2D eigenvalue weighted by atomic mass is 32.2. The number of aryl methyl sites for hydroxylation is 1. The molecule has 7 heteroatoms. The minimum atomic E-state index is -3.44. The Morgan fingerprint density at radius 2 is 1.91 bits per heavy atom. The summed E-state index contributed by atoms with van der Waals surface area (Å²) in [5, 5.41) is 0. The Bertz CT molecular complexity index is 696. The van der Waals surface area contributed by atoms with Crippen LogP contribution in [0.4, 0.5) is 4.39 Å². The number of ether oxygens (including phenoxy) is 1. The molecule has 0 saturated carbocycles. The van der Waals surface area contributed by atoms with Gasteiger partial charge in [0.2, 0.25) is 10.0 Å². The van der Waals surface area contributed by atoms with Gasteiger partial charge in [-0.25, -0.2) is 17.5 Å². The molecule has 0 unspecified atom stereocenters. The van der Waals surface area contributed by atoms with Crippen LogP contribution in [0.1, 0.15) is 18.2 Å². The van der Waals surface area contributed by atoms with Gasteiger partial charge in [0, 0.05) is 11.4 Å². The molecule has 2 aromatic rings. The molecule has 0 saturated heterocycles. The predicted octanol–water partition coefficient (Wildman–Crippen LogP) is 3.20. The normalized spacial score (nSPS) is 11.5. The summed E-state index contributed by atoms with van der Waals surface area (Å²) in [6.07, 6.45) is 1.36. The van der Waals surface area contributed by atoms with Crippen molar-refractivity contribution >= 4 is 21.4 Å². The topological polar surface area (TPSA) is 55.4 Å².